The van der Waals surface area contributed by atoms with Gasteiger partial charge in [-0.1, -0.05) is 35.5 Å². The van der Waals surface area contributed by atoms with E-state index in [0.29, 0.717) is 18.0 Å². The van der Waals surface area contributed by atoms with Crippen LogP contribution in [0.5, 0.6) is 5.75 Å². The van der Waals surface area contributed by atoms with E-state index < -0.39 is 5.82 Å². The van der Waals surface area contributed by atoms with Gasteiger partial charge in [-0.2, -0.15) is 0 Å². The van der Waals surface area contributed by atoms with Gasteiger partial charge in [0.05, 0.1) is 18.5 Å². The maximum Gasteiger partial charge on any atom is 0.265 e. The van der Waals surface area contributed by atoms with Gasteiger partial charge in [-0.05, 0) is 25.1 Å². The van der Waals surface area contributed by atoms with E-state index in [1.807, 2.05) is 13.0 Å². The summed E-state index contributed by atoms with van der Waals surface area (Å²) in [5.74, 6) is -0.212. The van der Waals surface area contributed by atoms with Crippen molar-refractivity contribution in [2.45, 2.75) is 6.92 Å². The number of oxime groups is 1. The lowest BCUT2D eigenvalue weighted by Crippen LogP contribution is -2.17. The fourth-order valence-electron chi connectivity index (χ4n) is 1.81. The normalized spacial score (nSPS) is 10.5. The first-order valence-electron chi connectivity index (χ1n) is 7.12. The van der Waals surface area contributed by atoms with Crippen molar-refractivity contribution in [3.05, 3.63) is 59.9 Å². The highest BCUT2D eigenvalue weighted by atomic mass is 19.1. The lowest BCUT2D eigenvalue weighted by atomic mass is 10.2. The van der Waals surface area contributed by atoms with Crippen LogP contribution in [0.15, 0.2) is 53.7 Å². The second-order valence-electron chi connectivity index (χ2n) is 4.51. The standard InChI is InChI=1S/C17H17FN2O3/c1-2-22-16-10-6-5-9-15(16)20-17(21)12-23-19-11-13-7-3-4-8-14(13)18/h3-11H,2,12H2,1H3,(H,20,21)/b19-11-. The smallest absolute Gasteiger partial charge is 0.265 e. The van der Waals surface area contributed by atoms with Crippen LogP contribution in [0.25, 0.3) is 0 Å². The fourth-order valence-corrected chi connectivity index (χ4v) is 1.81. The highest BCUT2D eigenvalue weighted by Gasteiger charge is 2.07. The lowest BCUT2D eigenvalue weighted by Gasteiger charge is -2.10. The summed E-state index contributed by atoms with van der Waals surface area (Å²) < 4.78 is 18.7. The molecular formula is C17H17FN2O3. The molecule has 0 radical (unpaired) electrons. The minimum atomic E-state index is -0.407. The Hall–Kier alpha value is -2.89. The molecule has 0 aromatic heterocycles. The Labute approximate surface area is 133 Å². The molecule has 0 aliphatic heterocycles. The summed E-state index contributed by atoms with van der Waals surface area (Å²) in [6.07, 6.45) is 1.22. The van der Waals surface area contributed by atoms with Crippen LogP contribution in [0.2, 0.25) is 0 Å². The molecule has 0 spiro atoms. The van der Waals surface area contributed by atoms with Gasteiger partial charge in [0.2, 0.25) is 0 Å². The molecule has 0 heterocycles. The van der Waals surface area contributed by atoms with E-state index >= 15 is 0 Å². The molecule has 1 N–H and O–H groups in total. The van der Waals surface area contributed by atoms with Crippen LogP contribution < -0.4 is 10.1 Å². The summed E-state index contributed by atoms with van der Waals surface area (Å²) >= 11 is 0. The van der Waals surface area contributed by atoms with Gasteiger partial charge in [0, 0.05) is 5.56 Å². The molecule has 2 aromatic rings. The average molecular weight is 316 g/mol. The monoisotopic (exact) mass is 316 g/mol. The molecule has 0 aliphatic rings. The Morgan fingerprint density at radius 3 is 2.74 bits per heavy atom. The number of halogens is 1. The maximum absolute atomic E-state index is 13.3. The zero-order valence-electron chi connectivity index (χ0n) is 12.7. The topological polar surface area (TPSA) is 59.9 Å². The molecule has 0 aliphatic carbocycles. The molecule has 23 heavy (non-hydrogen) atoms. The Balaban J connectivity index is 1.85. The van der Waals surface area contributed by atoms with Crippen molar-refractivity contribution in [3.63, 3.8) is 0 Å². The Morgan fingerprint density at radius 1 is 1.22 bits per heavy atom. The van der Waals surface area contributed by atoms with Gasteiger partial charge in [-0.25, -0.2) is 4.39 Å². The number of hydrogen-bond donors (Lipinski definition) is 1. The van der Waals surface area contributed by atoms with Gasteiger partial charge in [0.1, 0.15) is 11.6 Å². The molecule has 1 amide bonds. The van der Waals surface area contributed by atoms with Crippen molar-refractivity contribution in [2.75, 3.05) is 18.5 Å². The van der Waals surface area contributed by atoms with Gasteiger partial charge < -0.3 is 14.9 Å². The van der Waals surface area contributed by atoms with E-state index in [4.69, 9.17) is 9.57 Å². The van der Waals surface area contributed by atoms with E-state index in [0.717, 1.165) is 0 Å². The van der Waals surface area contributed by atoms with Crippen molar-refractivity contribution in [2.24, 2.45) is 5.16 Å². The maximum atomic E-state index is 13.3. The Bertz CT molecular complexity index is 689. The van der Waals surface area contributed by atoms with Gasteiger partial charge in [0.15, 0.2) is 6.61 Å². The Kier molecular flexibility index (Phi) is 6.11. The molecular weight excluding hydrogens is 299 g/mol. The summed E-state index contributed by atoms with van der Waals surface area (Å²) in [7, 11) is 0. The summed E-state index contributed by atoms with van der Waals surface area (Å²) in [6.45, 7) is 2.07. The van der Waals surface area contributed by atoms with Gasteiger partial charge >= 0.3 is 0 Å². The number of benzene rings is 2. The summed E-state index contributed by atoms with van der Waals surface area (Å²) in [5, 5.41) is 6.25. The largest absolute Gasteiger partial charge is 0.492 e. The molecule has 2 aromatic carbocycles. The highest BCUT2D eigenvalue weighted by Crippen LogP contribution is 2.23. The number of anilines is 1. The van der Waals surface area contributed by atoms with Crippen molar-refractivity contribution in [3.8, 4) is 5.75 Å². The SMILES string of the molecule is CCOc1ccccc1NC(=O)CO/N=C\c1ccccc1F. The molecule has 0 saturated heterocycles. The summed E-state index contributed by atoms with van der Waals surface area (Å²) in [6, 6.07) is 13.2. The predicted octanol–water partition coefficient (Wildman–Crippen LogP) is 3.21. The molecule has 0 unspecified atom stereocenters. The first-order valence-corrected chi connectivity index (χ1v) is 7.12. The molecule has 0 atom stereocenters. The number of nitrogens with one attached hydrogen (secondary N) is 1. The zero-order chi connectivity index (χ0) is 16.5. The third-order valence-electron chi connectivity index (χ3n) is 2.83. The molecule has 6 heteroatoms. The quantitative estimate of drug-likeness (QED) is 0.630. The van der Waals surface area contributed by atoms with Crippen molar-refractivity contribution in [1.82, 2.24) is 0 Å². The molecule has 0 bridgehead atoms. The summed E-state index contributed by atoms with van der Waals surface area (Å²) in [4.78, 5) is 16.7. The number of amides is 1. The van der Waals surface area contributed by atoms with Crippen LogP contribution in [-0.4, -0.2) is 25.3 Å². The van der Waals surface area contributed by atoms with E-state index in [-0.39, 0.29) is 18.1 Å². The molecule has 0 saturated carbocycles. The predicted molar refractivity (Wildman–Crippen MR) is 86.2 cm³/mol. The second-order valence-corrected chi connectivity index (χ2v) is 4.51. The molecule has 0 fully saturated rings. The summed E-state index contributed by atoms with van der Waals surface area (Å²) in [5.41, 5.74) is 0.843. The number of hydrogen-bond acceptors (Lipinski definition) is 4. The van der Waals surface area contributed by atoms with Crippen LogP contribution in [0.4, 0.5) is 10.1 Å². The van der Waals surface area contributed by atoms with Crippen molar-refractivity contribution < 1.29 is 18.8 Å². The minimum absolute atomic E-state index is 0.286. The first kappa shape index (κ1) is 16.5. The van der Waals surface area contributed by atoms with Crippen molar-refractivity contribution in [1.29, 1.82) is 0 Å². The number of nitrogens with zero attached hydrogens (tertiary/aromatic N) is 1. The van der Waals surface area contributed by atoms with Crippen LogP contribution in [0, 0.1) is 5.82 Å². The third kappa shape index (κ3) is 5.10. The third-order valence-corrected chi connectivity index (χ3v) is 2.83. The number of para-hydroxylation sites is 2. The van der Waals surface area contributed by atoms with E-state index in [1.165, 1.54) is 12.3 Å². The van der Waals surface area contributed by atoms with Gasteiger partial charge in [-0.3, -0.25) is 4.79 Å². The number of ether oxygens (including phenoxy) is 1. The zero-order valence-corrected chi connectivity index (χ0v) is 12.7. The van der Waals surface area contributed by atoms with E-state index in [1.54, 1.807) is 36.4 Å². The average Bonchev–Trinajstić information content (AvgIpc) is 2.55. The van der Waals surface area contributed by atoms with E-state index in [9.17, 15) is 9.18 Å². The minimum Gasteiger partial charge on any atom is -0.492 e. The Morgan fingerprint density at radius 2 is 1.96 bits per heavy atom. The number of carbonyl (C=O) groups is 1. The molecule has 5 nitrogen and oxygen atoms in total. The van der Waals surface area contributed by atoms with Crippen LogP contribution in [-0.2, 0) is 9.63 Å². The van der Waals surface area contributed by atoms with Crippen LogP contribution in [0.3, 0.4) is 0 Å². The number of rotatable bonds is 7. The van der Waals surface area contributed by atoms with Gasteiger partial charge in [0.25, 0.3) is 5.91 Å². The van der Waals surface area contributed by atoms with Crippen molar-refractivity contribution >= 4 is 17.8 Å². The first-order chi connectivity index (χ1) is 11.2. The molecule has 120 valence electrons. The highest BCUT2D eigenvalue weighted by molar-refractivity contribution is 5.93. The van der Waals surface area contributed by atoms with Crippen LogP contribution in [0.1, 0.15) is 12.5 Å². The molecule has 2 rings (SSSR count). The van der Waals surface area contributed by atoms with Crippen LogP contribution >= 0.6 is 0 Å². The lowest BCUT2D eigenvalue weighted by molar-refractivity contribution is -0.120. The number of carbonyl (C=O) groups excluding carboxylic acids is 1. The fraction of sp³-hybridized carbons (Fsp3) is 0.176. The van der Waals surface area contributed by atoms with E-state index in [2.05, 4.69) is 10.5 Å². The second kappa shape index (κ2) is 8.53. The van der Waals surface area contributed by atoms with Gasteiger partial charge in [-0.15, -0.1) is 0 Å².